The van der Waals surface area contributed by atoms with Crippen LogP contribution in [0.2, 0.25) is 0 Å². The highest BCUT2D eigenvalue weighted by atomic mass is 16.5. The largest absolute Gasteiger partial charge is 0.497 e. The van der Waals surface area contributed by atoms with Gasteiger partial charge in [0, 0.05) is 24.0 Å². The Morgan fingerprint density at radius 1 is 1.14 bits per heavy atom. The van der Waals surface area contributed by atoms with E-state index in [1.807, 2.05) is 24.3 Å². The summed E-state index contributed by atoms with van der Waals surface area (Å²) in [6, 6.07) is 14.4. The number of nitrogens with zero attached hydrogens (tertiary/aromatic N) is 5. The Labute approximate surface area is 166 Å². The Hall–Kier alpha value is -4.01. The van der Waals surface area contributed by atoms with E-state index < -0.39 is 0 Å². The topological polar surface area (TPSA) is 104 Å². The molecule has 3 aromatic heterocycles. The third-order valence-electron chi connectivity index (χ3n) is 4.13. The summed E-state index contributed by atoms with van der Waals surface area (Å²) in [6.45, 7) is 0.597. The van der Waals surface area contributed by atoms with E-state index in [9.17, 15) is 4.79 Å². The molecule has 0 bridgehead atoms. The maximum atomic E-state index is 12.0. The van der Waals surface area contributed by atoms with E-state index in [0.29, 0.717) is 29.5 Å². The third-order valence-corrected chi connectivity index (χ3v) is 4.13. The van der Waals surface area contributed by atoms with Gasteiger partial charge in [-0.25, -0.2) is 0 Å². The van der Waals surface area contributed by atoms with Gasteiger partial charge in [-0.05, 0) is 30.3 Å². The van der Waals surface area contributed by atoms with E-state index in [1.165, 1.54) is 6.20 Å². The van der Waals surface area contributed by atoms with E-state index in [4.69, 9.17) is 9.47 Å². The lowest BCUT2D eigenvalue weighted by Gasteiger charge is -2.08. The number of fused-ring (bicyclic) bond motifs is 1. The summed E-state index contributed by atoms with van der Waals surface area (Å²) < 4.78 is 12.5. The van der Waals surface area contributed by atoms with Crippen molar-refractivity contribution in [2.75, 3.05) is 20.3 Å². The number of carbonyl (C=O) groups excluding carboxylic acids is 1. The second kappa shape index (κ2) is 8.34. The van der Waals surface area contributed by atoms with E-state index >= 15 is 0 Å². The summed E-state index contributed by atoms with van der Waals surface area (Å²) in [7, 11) is 1.61. The van der Waals surface area contributed by atoms with Crippen molar-refractivity contribution in [1.29, 1.82) is 0 Å². The average molecular weight is 390 g/mol. The molecule has 9 nitrogen and oxygen atoms in total. The molecule has 3 heterocycles. The summed E-state index contributed by atoms with van der Waals surface area (Å²) in [6.07, 6.45) is 3.13. The molecule has 4 aromatic rings. The quantitative estimate of drug-likeness (QED) is 0.481. The van der Waals surface area contributed by atoms with Crippen molar-refractivity contribution in [2.45, 2.75) is 0 Å². The summed E-state index contributed by atoms with van der Waals surface area (Å²) in [5.74, 6) is 1.49. The Morgan fingerprint density at radius 3 is 2.90 bits per heavy atom. The number of rotatable bonds is 7. The standard InChI is InChI=1S/C20H18N6O3/c1-28-16-6-2-4-14(12-16)19-24-23-17-7-8-18(25-26(17)19)29-11-10-22-20(27)15-5-3-9-21-13-15/h2-9,12-13H,10-11H2,1H3,(H,22,27). The zero-order valence-electron chi connectivity index (χ0n) is 15.6. The van der Waals surface area contributed by atoms with Gasteiger partial charge in [0.2, 0.25) is 5.88 Å². The number of methoxy groups -OCH3 is 1. The lowest BCUT2D eigenvalue weighted by Crippen LogP contribution is -2.28. The van der Waals surface area contributed by atoms with Crippen molar-refractivity contribution < 1.29 is 14.3 Å². The average Bonchev–Trinajstić information content (AvgIpc) is 3.20. The molecule has 4 rings (SSSR count). The van der Waals surface area contributed by atoms with E-state index in [1.54, 1.807) is 42.1 Å². The predicted molar refractivity (Wildman–Crippen MR) is 105 cm³/mol. The fraction of sp³-hybridized carbons (Fsp3) is 0.150. The molecule has 0 atom stereocenters. The summed E-state index contributed by atoms with van der Waals surface area (Å²) in [5, 5.41) is 15.6. The van der Waals surface area contributed by atoms with Crippen LogP contribution in [0.25, 0.3) is 17.0 Å². The van der Waals surface area contributed by atoms with Crippen LogP contribution in [-0.4, -0.2) is 51.0 Å². The minimum Gasteiger partial charge on any atom is -0.497 e. The van der Waals surface area contributed by atoms with Gasteiger partial charge in [0.05, 0.1) is 19.2 Å². The number of carbonyl (C=O) groups is 1. The van der Waals surface area contributed by atoms with Crippen LogP contribution < -0.4 is 14.8 Å². The van der Waals surface area contributed by atoms with Gasteiger partial charge in [0.1, 0.15) is 12.4 Å². The zero-order valence-corrected chi connectivity index (χ0v) is 15.6. The van der Waals surface area contributed by atoms with Gasteiger partial charge >= 0.3 is 0 Å². The van der Waals surface area contributed by atoms with Crippen LogP contribution >= 0.6 is 0 Å². The van der Waals surface area contributed by atoms with Gasteiger partial charge in [-0.2, -0.15) is 4.52 Å². The first kappa shape index (κ1) is 18.4. The predicted octanol–water partition coefficient (Wildman–Crippen LogP) is 2.00. The highest BCUT2D eigenvalue weighted by molar-refractivity contribution is 5.93. The SMILES string of the molecule is COc1cccc(-c2nnc3ccc(OCCNC(=O)c4cccnc4)nn23)c1. The summed E-state index contributed by atoms with van der Waals surface area (Å²) in [5.41, 5.74) is 1.92. The highest BCUT2D eigenvalue weighted by Gasteiger charge is 2.11. The molecule has 0 radical (unpaired) electrons. The maximum absolute atomic E-state index is 12.0. The molecule has 0 aliphatic heterocycles. The van der Waals surface area contributed by atoms with Gasteiger partial charge in [-0.1, -0.05) is 12.1 Å². The summed E-state index contributed by atoms with van der Waals surface area (Å²) >= 11 is 0. The minimum atomic E-state index is -0.204. The Bertz CT molecular complexity index is 1130. The van der Waals surface area contributed by atoms with Crippen LogP contribution in [0.5, 0.6) is 11.6 Å². The molecule has 0 unspecified atom stereocenters. The number of nitrogens with one attached hydrogen (secondary N) is 1. The number of amides is 1. The normalized spacial score (nSPS) is 10.7. The molecule has 0 aliphatic rings. The molecule has 29 heavy (non-hydrogen) atoms. The number of hydrogen-bond acceptors (Lipinski definition) is 7. The Morgan fingerprint density at radius 2 is 2.07 bits per heavy atom. The number of aromatic nitrogens is 5. The first-order valence-corrected chi connectivity index (χ1v) is 8.92. The lowest BCUT2D eigenvalue weighted by atomic mass is 10.2. The van der Waals surface area contributed by atoms with Crippen LogP contribution in [0, 0.1) is 0 Å². The molecule has 0 fully saturated rings. The maximum Gasteiger partial charge on any atom is 0.252 e. The van der Waals surface area contributed by atoms with E-state index in [2.05, 4.69) is 25.6 Å². The first-order valence-electron chi connectivity index (χ1n) is 8.92. The lowest BCUT2D eigenvalue weighted by molar-refractivity contribution is 0.0946. The van der Waals surface area contributed by atoms with Crippen molar-refractivity contribution in [3.63, 3.8) is 0 Å². The Balaban J connectivity index is 1.43. The Kier molecular flexibility index (Phi) is 5.28. The van der Waals surface area contributed by atoms with Crippen molar-refractivity contribution in [3.8, 4) is 23.0 Å². The number of pyridine rings is 1. The van der Waals surface area contributed by atoms with Crippen molar-refractivity contribution in [3.05, 3.63) is 66.5 Å². The van der Waals surface area contributed by atoms with E-state index in [-0.39, 0.29) is 12.5 Å². The van der Waals surface area contributed by atoms with Crippen LogP contribution in [0.4, 0.5) is 0 Å². The zero-order chi connectivity index (χ0) is 20.1. The molecular weight excluding hydrogens is 372 g/mol. The first-order chi connectivity index (χ1) is 14.2. The van der Waals surface area contributed by atoms with Gasteiger partial charge in [-0.3, -0.25) is 9.78 Å². The van der Waals surface area contributed by atoms with Crippen LogP contribution in [0.15, 0.2) is 60.9 Å². The third kappa shape index (κ3) is 4.13. The molecule has 1 aromatic carbocycles. The fourth-order valence-corrected chi connectivity index (χ4v) is 2.71. The minimum absolute atomic E-state index is 0.204. The van der Waals surface area contributed by atoms with Gasteiger partial charge in [-0.15, -0.1) is 15.3 Å². The molecule has 9 heteroatoms. The van der Waals surface area contributed by atoms with Crippen molar-refractivity contribution in [2.24, 2.45) is 0 Å². The van der Waals surface area contributed by atoms with E-state index in [0.717, 1.165) is 11.3 Å². The molecule has 1 N–H and O–H groups in total. The number of hydrogen-bond donors (Lipinski definition) is 1. The molecule has 1 amide bonds. The molecule has 0 saturated heterocycles. The smallest absolute Gasteiger partial charge is 0.252 e. The second-order valence-corrected chi connectivity index (χ2v) is 6.04. The molecular formula is C20H18N6O3. The second-order valence-electron chi connectivity index (χ2n) is 6.04. The molecule has 146 valence electrons. The highest BCUT2D eigenvalue weighted by Crippen LogP contribution is 2.23. The van der Waals surface area contributed by atoms with Crippen LogP contribution in [0.1, 0.15) is 10.4 Å². The van der Waals surface area contributed by atoms with Crippen molar-refractivity contribution in [1.82, 2.24) is 30.1 Å². The fourth-order valence-electron chi connectivity index (χ4n) is 2.71. The molecule has 0 saturated carbocycles. The van der Waals surface area contributed by atoms with Crippen molar-refractivity contribution >= 4 is 11.6 Å². The van der Waals surface area contributed by atoms with Gasteiger partial charge < -0.3 is 14.8 Å². The monoisotopic (exact) mass is 390 g/mol. The molecule has 0 spiro atoms. The van der Waals surface area contributed by atoms with Crippen LogP contribution in [-0.2, 0) is 0 Å². The van der Waals surface area contributed by atoms with Gasteiger partial charge in [0.15, 0.2) is 11.5 Å². The number of benzene rings is 1. The number of ether oxygens (including phenoxy) is 2. The van der Waals surface area contributed by atoms with Gasteiger partial charge in [0.25, 0.3) is 5.91 Å². The summed E-state index contributed by atoms with van der Waals surface area (Å²) in [4.78, 5) is 15.9. The van der Waals surface area contributed by atoms with Crippen LogP contribution in [0.3, 0.4) is 0 Å². The molecule has 0 aliphatic carbocycles.